The first kappa shape index (κ1) is 14.9. The van der Waals surface area contributed by atoms with Crippen molar-refractivity contribution in [1.82, 2.24) is 14.7 Å². The number of rotatable bonds is 5. The molecule has 1 aromatic carbocycles. The summed E-state index contributed by atoms with van der Waals surface area (Å²) in [4.78, 5) is 14.1. The number of nitrogens with two attached hydrogens (primary N) is 1. The quantitative estimate of drug-likeness (QED) is 0.910. The average molecular weight is 288 g/mol. The van der Waals surface area contributed by atoms with Gasteiger partial charge in [-0.15, -0.1) is 0 Å². The third kappa shape index (κ3) is 3.16. The number of amides is 1. The Morgan fingerprint density at radius 2 is 2.05 bits per heavy atom. The second kappa shape index (κ2) is 6.30. The smallest absolute Gasteiger partial charge is 0.274 e. The van der Waals surface area contributed by atoms with Gasteiger partial charge in [-0.05, 0) is 24.6 Å². The first-order valence-electron chi connectivity index (χ1n) is 6.76. The fourth-order valence-corrected chi connectivity index (χ4v) is 2.13. The van der Waals surface area contributed by atoms with Crippen LogP contribution in [-0.4, -0.2) is 34.7 Å². The number of hydrogen-bond acceptors (Lipinski definition) is 4. The van der Waals surface area contributed by atoms with Crippen LogP contribution in [0.3, 0.4) is 0 Å². The molecule has 0 spiro atoms. The number of carbonyl (C=O) groups is 1. The summed E-state index contributed by atoms with van der Waals surface area (Å²) in [6.45, 7) is 3.03. The number of ether oxygens (including phenoxy) is 1. The van der Waals surface area contributed by atoms with Gasteiger partial charge < -0.3 is 15.4 Å². The van der Waals surface area contributed by atoms with Crippen molar-refractivity contribution in [3.63, 3.8) is 0 Å². The minimum atomic E-state index is -0.136. The van der Waals surface area contributed by atoms with Gasteiger partial charge in [-0.25, -0.2) is 0 Å². The van der Waals surface area contributed by atoms with Gasteiger partial charge in [-0.1, -0.05) is 12.1 Å². The standard InChI is InChI=1S/C15H20N4O2/c1-4-19-14(13(16)9-17-19)15(20)18(2)10-11-5-7-12(21-3)8-6-11/h5-9H,4,10,16H2,1-3H3. The van der Waals surface area contributed by atoms with Crippen LogP contribution in [0.1, 0.15) is 23.0 Å². The Hall–Kier alpha value is -2.50. The second-order valence-electron chi connectivity index (χ2n) is 4.77. The van der Waals surface area contributed by atoms with E-state index in [1.807, 2.05) is 31.2 Å². The summed E-state index contributed by atoms with van der Waals surface area (Å²) in [5.41, 5.74) is 7.71. The van der Waals surface area contributed by atoms with Crippen molar-refractivity contribution >= 4 is 11.6 Å². The molecule has 0 radical (unpaired) electrons. The van der Waals surface area contributed by atoms with Crippen LogP contribution in [-0.2, 0) is 13.1 Å². The third-order valence-corrected chi connectivity index (χ3v) is 3.30. The van der Waals surface area contributed by atoms with Gasteiger partial charge in [0.05, 0.1) is 19.0 Å². The molecular weight excluding hydrogens is 268 g/mol. The third-order valence-electron chi connectivity index (χ3n) is 3.30. The zero-order valence-electron chi connectivity index (χ0n) is 12.5. The summed E-state index contributed by atoms with van der Waals surface area (Å²) in [5, 5.41) is 4.10. The molecular formula is C15H20N4O2. The van der Waals surface area contributed by atoms with E-state index < -0.39 is 0 Å². The van der Waals surface area contributed by atoms with E-state index in [9.17, 15) is 4.79 Å². The number of benzene rings is 1. The number of nitrogen functional groups attached to an aromatic ring is 1. The molecule has 21 heavy (non-hydrogen) atoms. The molecule has 0 fully saturated rings. The number of nitrogens with zero attached hydrogens (tertiary/aromatic N) is 3. The maximum absolute atomic E-state index is 12.5. The summed E-state index contributed by atoms with van der Waals surface area (Å²) in [5.74, 6) is 0.656. The average Bonchev–Trinajstić information content (AvgIpc) is 2.88. The van der Waals surface area contributed by atoms with Crippen molar-refractivity contribution in [2.45, 2.75) is 20.0 Å². The zero-order valence-corrected chi connectivity index (χ0v) is 12.5. The van der Waals surface area contributed by atoms with E-state index in [-0.39, 0.29) is 5.91 Å². The van der Waals surface area contributed by atoms with Crippen molar-refractivity contribution in [2.75, 3.05) is 19.9 Å². The van der Waals surface area contributed by atoms with E-state index >= 15 is 0 Å². The molecule has 0 atom stereocenters. The van der Waals surface area contributed by atoms with Crippen LogP contribution in [0.2, 0.25) is 0 Å². The highest BCUT2D eigenvalue weighted by Crippen LogP contribution is 2.16. The Kier molecular flexibility index (Phi) is 4.47. The topological polar surface area (TPSA) is 73.4 Å². The molecule has 2 N–H and O–H groups in total. The van der Waals surface area contributed by atoms with Gasteiger partial charge in [-0.2, -0.15) is 5.10 Å². The van der Waals surface area contributed by atoms with E-state index in [4.69, 9.17) is 10.5 Å². The van der Waals surface area contributed by atoms with E-state index in [1.165, 1.54) is 6.20 Å². The highest BCUT2D eigenvalue weighted by molar-refractivity contribution is 5.97. The highest BCUT2D eigenvalue weighted by Gasteiger charge is 2.20. The van der Waals surface area contributed by atoms with Gasteiger partial charge >= 0.3 is 0 Å². The van der Waals surface area contributed by atoms with Crippen molar-refractivity contribution in [2.24, 2.45) is 0 Å². The molecule has 2 aromatic rings. The molecule has 1 amide bonds. The molecule has 0 unspecified atom stereocenters. The molecule has 0 aliphatic carbocycles. The minimum Gasteiger partial charge on any atom is -0.497 e. The van der Waals surface area contributed by atoms with Gasteiger partial charge in [0.2, 0.25) is 0 Å². The van der Waals surface area contributed by atoms with Crippen molar-refractivity contribution in [3.8, 4) is 5.75 Å². The van der Waals surface area contributed by atoms with Crippen molar-refractivity contribution in [3.05, 3.63) is 41.7 Å². The SMILES string of the molecule is CCn1ncc(N)c1C(=O)N(C)Cc1ccc(OC)cc1. The summed E-state index contributed by atoms with van der Waals surface area (Å²) in [6.07, 6.45) is 1.51. The van der Waals surface area contributed by atoms with E-state index in [1.54, 1.807) is 23.7 Å². The summed E-state index contributed by atoms with van der Waals surface area (Å²) in [6, 6.07) is 7.61. The number of aromatic nitrogens is 2. The number of aryl methyl sites for hydroxylation is 1. The fraction of sp³-hybridized carbons (Fsp3) is 0.333. The summed E-state index contributed by atoms with van der Waals surface area (Å²) >= 11 is 0. The van der Waals surface area contributed by atoms with Crippen LogP contribution in [0.15, 0.2) is 30.5 Å². The van der Waals surface area contributed by atoms with E-state index in [0.29, 0.717) is 24.5 Å². The van der Waals surface area contributed by atoms with Crippen LogP contribution in [0.4, 0.5) is 5.69 Å². The monoisotopic (exact) mass is 288 g/mol. The fourth-order valence-electron chi connectivity index (χ4n) is 2.13. The van der Waals surface area contributed by atoms with Gasteiger partial charge in [-0.3, -0.25) is 9.48 Å². The molecule has 6 nitrogen and oxygen atoms in total. The maximum atomic E-state index is 12.5. The van der Waals surface area contributed by atoms with Gasteiger partial charge in [0, 0.05) is 20.1 Å². The molecule has 112 valence electrons. The highest BCUT2D eigenvalue weighted by atomic mass is 16.5. The lowest BCUT2D eigenvalue weighted by molar-refractivity contribution is 0.0774. The molecule has 0 aliphatic rings. The Morgan fingerprint density at radius 3 is 2.62 bits per heavy atom. The number of methoxy groups -OCH3 is 1. The molecule has 1 heterocycles. The predicted molar refractivity (Wildman–Crippen MR) is 81.1 cm³/mol. The Labute approximate surface area is 124 Å². The largest absolute Gasteiger partial charge is 0.497 e. The van der Waals surface area contributed by atoms with Crippen LogP contribution in [0.5, 0.6) is 5.75 Å². The van der Waals surface area contributed by atoms with E-state index in [2.05, 4.69) is 5.10 Å². The van der Waals surface area contributed by atoms with Crippen LogP contribution >= 0.6 is 0 Å². The van der Waals surface area contributed by atoms with Gasteiger partial charge in [0.15, 0.2) is 0 Å². The first-order chi connectivity index (χ1) is 10.1. The molecule has 1 aromatic heterocycles. The van der Waals surface area contributed by atoms with E-state index in [0.717, 1.165) is 11.3 Å². The molecule has 0 bridgehead atoms. The summed E-state index contributed by atoms with van der Waals surface area (Å²) < 4.78 is 6.73. The van der Waals surface area contributed by atoms with Crippen molar-refractivity contribution in [1.29, 1.82) is 0 Å². The number of hydrogen-bond donors (Lipinski definition) is 1. The zero-order chi connectivity index (χ0) is 15.4. The van der Waals surface area contributed by atoms with Crippen LogP contribution < -0.4 is 10.5 Å². The lowest BCUT2D eigenvalue weighted by atomic mass is 10.2. The molecule has 2 rings (SSSR count). The lowest BCUT2D eigenvalue weighted by Gasteiger charge is -2.18. The predicted octanol–water partition coefficient (Wildman–Crippen LogP) is 1.77. The Bertz CT molecular complexity index is 619. The van der Waals surface area contributed by atoms with Gasteiger partial charge in [0.25, 0.3) is 5.91 Å². The van der Waals surface area contributed by atoms with Crippen LogP contribution in [0, 0.1) is 0 Å². The molecule has 0 aliphatic heterocycles. The summed E-state index contributed by atoms with van der Waals surface area (Å²) in [7, 11) is 3.37. The van der Waals surface area contributed by atoms with Gasteiger partial charge in [0.1, 0.15) is 11.4 Å². The first-order valence-corrected chi connectivity index (χ1v) is 6.76. The number of anilines is 1. The number of carbonyl (C=O) groups excluding carboxylic acids is 1. The minimum absolute atomic E-state index is 0.136. The molecule has 6 heteroatoms. The normalized spacial score (nSPS) is 10.4. The second-order valence-corrected chi connectivity index (χ2v) is 4.77. The van der Waals surface area contributed by atoms with Crippen LogP contribution in [0.25, 0.3) is 0 Å². The van der Waals surface area contributed by atoms with Crippen molar-refractivity contribution < 1.29 is 9.53 Å². The Balaban J connectivity index is 2.13. The lowest BCUT2D eigenvalue weighted by Crippen LogP contribution is -2.29. The molecule has 0 saturated carbocycles. The molecule has 0 saturated heterocycles. The Morgan fingerprint density at radius 1 is 1.38 bits per heavy atom. The maximum Gasteiger partial charge on any atom is 0.274 e.